The third-order valence-electron chi connectivity index (χ3n) is 2.62. The Morgan fingerprint density at radius 3 is 2.00 bits per heavy atom. The highest BCUT2D eigenvalue weighted by molar-refractivity contribution is 5.86. The van der Waals surface area contributed by atoms with Crippen LogP contribution >= 0.6 is 12.4 Å². The first kappa shape index (κ1) is 18.0. The number of rotatable bonds is 4. The van der Waals surface area contributed by atoms with Crippen LogP contribution in [0.15, 0.2) is 63.8 Å². The van der Waals surface area contributed by atoms with Crippen LogP contribution in [-0.2, 0) is 0 Å². The van der Waals surface area contributed by atoms with Gasteiger partial charge in [-0.2, -0.15) is 10.2 Å². The molecule has 2 aromatic carbocycles. The lowest BCUT2D eigenvalue weighted by Gasteiger charge is -1.98. The zero-order valence-corrected chi connectivity index (χ0v) is 12.8. The normalized spacial score (nSPS) is 11.6. The molecule has 0 fully saturated rings. The molecule has 0 aliphatic rings. The number of phenolic OH excluding ortho intramolecular Hbond substituents is 2. The van der Waals surface area contributed by atoms with Crippen LogP contribution in [-0.4, -0.2) is 28.6 Å². The Morgan fingerprint density at radius 1 is 0.913 bits per heavy atom. The summed E-state index contributed by atoms with van der Waals surface area (Å²) >= 11 is 0. The summed E-state index contributed by atoms with van der Waals surface area (Å²) in [6.07, 6.45) is 2.78. The monoisotopic (exact) mass is 333 g/mol. The highest BCUT2D eigenvalue weighted by Crippen LogP contribution is 2.13. The van der Waals surface area contributed by atoms with Gasteiger partial charge in [0.2, 0.25) is 5.96 Å². The maximum absolute atomic E-state index is 9.54. The minimum absolute atomic E-state index is 0. The molecule has 2 aromatic rings. The summed E-state index contributed by atoms with van der Waals surface area (Å²) in [5.74, 6) is 0.185. The highest BCUT2D eigenvalue weighted by Gasteiger charge is 1.95. The maximum Gasteiger partial charge on any atom is 0.234 e. The molecule has 0 saturated heterocycles. The van der Waals surface area contributed by atoms with Gasteiger partial charge in [0.15, 0.2) is 0 Å². The van der Waals surface area contributed by atoms with Gasteiger partial charge < -0.3 is 15.9 Å². The number of hydrogen-bond donors (Lipinski definition) is 4. The third kappa shape index (κ3) is 5.68. The molecule has 0 amide bonds. The number of phenols is 2. The maximum atomic E-state index is 9.54. The largest absolute Gasteiger partial charge is 0.507 e. The molecule has 0 aliphatic carbocycles. The minimum atomic E-state index is -0.0293. The Hall–Kier alpha value is -3.06. The second-order valence-corrected chi connectivity index (χ2v) is 4.22. The smallest absolute Gasteiger partial charge is 0.234 e. The fourth-order valence-corrected chi connectivity index (χ4v) is 1.54. The number of hydrogen-bond acceptors (Lipinski definition) is 5. The molecular weight excluding hydrogens is 318 g/mol. The summed E-state index contributed by atoms with van der Waals surface area (Å²) in [6.45, 7) is 0. The molecule has 0 spiro atoms. The molecule has 0 radical (unpaired) electrons. The second kappa shape index (κ2) is 9.06. The van der Waals surface area contributed by atoms with Gasteiger partial charge in [-0.15, -0.1) is 17.5 Å². The van der Waals surface area contributed by atoms with Crippen molar-refractivity contribution in [1.82, 2.24) is 5.43 Å². The van der Waals surface area contributed by atoms with E-state index in [1.807, 2.05) is 0 Å². The first-order valence-corrected chi connectivity index (χ1v) is 6.38. The van der Waals surface area contributed by atoms with Crippen molar-refractivity contribution in [2.75, 3.05) is 0 Å². The molecule has 5 N–H and O–H groups in total. The summed E-state index contributed by atoms with van der Waals surface area (Å²) in [6, 6.07) is 13.4. The molecular formula is C15H16ClN5O2. The van der Waals surface area contributed by atoms with Crippen molar-refractivity contribution < 1.29 is 10.2 Å². The molecule has 0 atom stereocenters. The molecule has 2 rings (SSSR count). The van der Waals surface area contributed by atoms with Crippen molar-refractivity contribution in [3.05, 3.63) is 59.7 Å². The Labute approximate surface area is 139 Å². The molecule has 0 aliphatic heterocycles. The van der Waals surface area contributed by atoms with Gasteiger partial charge in [-0.3, -0.25) is 0 Å². The summed E-state index contributed by atoms with van der Waals surface area (Å²) in [5.41, 5.74) is 9.10. The van der Waals surface area contributed by atoms with Crippen LogP contribution in [0.4, 0.5) is 0 Å². The topological polar surface area (TPSA) is 116 Å². The molecule has 0 aromatic heterocycles. The van der Waals surface area contributed by atoms with Crippen molar-refractivity contribution in [3.63, 3.8) is 0 Å². The number of nitrogens with zero attached hydrogens (tertiary/aromatic N) is 3. The van der Waals surface area contributed by atoms with Gasteiger partial charge in [-0.05, 0) is 24.3 Å². The summed E-state index contributed by atoms with van der Waals surface area (Å²) < 4.78 is 0. The van der Waals surface area contributed by atoms with E-state index in [0.29, 0.717) is 11.1 Å². The Kier molecular flexibility index (Phi) is 7.09. The second-order valence-electron chi connectivity index (χ2n) is 4.22. The van der Waals surface area contributed by atoms with Crippen molar-refractivity contribution >= 4 is 30.8 Å². The van der Waals surface area contributed by atoms with E-state index in [0.717, 1.165) is 0 Å². The number of aromatic hydroxyl groups is 2. The quantitative estimate of drug-likeness (QED) is 0.388. The molecule has 0 saturated carbocycles. The predicted molar refractivity (Wildman–Crippen MR) is 93.4 cm³/mol. The van der Waals surface area contributed by atoms with E-state index in [4.69, 9.17) is 5.73 Å². The lowest BCUT2D eigenvalue weighted by Crippen LogP contribution is -2.26. The van der Waals surface area contributed by atoms with Gasteiger partial charge in [0.05, 0.1) is 12.4 Å². The average Bonchev–Trinajstić information content (AvgIpc) is 2.51. The Morgan fingerprint density at radius 2 is 1.43 bits per heavy atom. The molecule has 8 heteroatoms. The summed E-state index contributed by atoms with van der Waals surface area (Å²) in [5, 5.41) is 30.3. The van der Waals surface area contributed by atoms with Crippen LogP contribution < -0.4 is 11.2 Å². The van der Waals surface area contributed by atoms with Crippen LogP contribution in [0.1, 0.15) is 11.1 Å². The van der Waals surface area contributed by atoms with Gasteiger partial charge in [0.25, 0.3) is 0 Å². The van der Waals surface area contributed by atoms with Gasteiger partial charge in [0, 0.05) is 11.1 Å². The molecule has 7 nitrogen and oxygen atoms in total. The lowest BCUT2D eigenvalue weighted by molar-refractivity contribution is 0.474. The molecule has 0 unspecified atom stereocenters. The number of benzene rings is 2. The van der Waals surface area contributed by atoms with Gasteiger partial charge in [-0.25, -0.2) is 5.43 Å². The van der Waals surface area contributed by atoms with E-state index >= 15 is 0 Å². The van der Waals surface area contributed by atoms with Crippen molar-refractivity contribution in [2.24, 2.45) is 21.0 Å². The molecule has 23 heavy (non-hydrogen) atoms. The van der Waals surface area contributed by atoms with Gasteiger partial charge in [-0.1, -0.05) is 24.3 Å². The van der Waals surface area contributed by atoms with Crippen molar-refractivity contribution in [3.8, 4) is 11.5 Å². The van der Waals surface area contributed by atoms with E-state index in [-0.39, 0.29) is 29.9 Å². The van der Waals surface area contributed by atoms with Crippen molar-refractivity contribution in [1.29, 1.82) is 0 Å². The van der Waals surface area contributed by atoms with Crippen LogP contribution in [0.3, 0.4) is 0 Å². The molecule has 0 heterocycles. The lowest BCUT2D eigenvalue weighted by atomic mass is 10.2. The number of para-hydroxylation sites is 2. The van der Waals surface area contributed by atoms with Crippen LogP contribution in [0.2, 0.25) is 0 Å². The Bertz CT molecular complexity index is 731. The van der Waals surface area contributed by atoms with E-state index in [2.05, 4.69) is 20.7 Å². The zero-order valence-electron chi connectivity index (χ0n) is 12.0. The number of hydrazone groups is 1. The first-order chi connectivity index (χ1) is 10.7. The average molecular weight is 334 g/mol. The van der Waals surface area contributed by atoms with Gasteiger partial charge in [0.1, 0.15) is 11.5 Å². The fraction of sp³-hybridized carbons (Fsp3) is 0. The van der Waals surface area contributed by atoms with E-state index < -0.39 is 0 Å². The first-order valence-electron chi connectivity index (χ1n) is 6.38. The number of guanidine groups is 1. The van der Waals surface area contributed by atoms with E-state index in [9.17, 15) is 10.2 Å². The number of nitrogens with two attached hydrogens (primary N) is 1. The minimum Gasteiger partial charge on any atom is -0.507 e. The highest BCUT2D eigenvalue weighted by atomic mass is 35.5. The third-order valence-corrected chi connectivity index (χ3v) is 2.62. The Balaban J connectivity index is 0.00000264. The molecule has 0 bridgehead atoms. The summed E-state index contributed by atoms with van der Waals surface area (Å²) in [4.78, 5) is 0. The zero-order chi connectivity index (χ0) is 15.8. The van der Waals surface area contributed by atoms with E-state index in [1.54, 1.807) is 48.5 Å². The SMILES string of the molecule is Cl.NC(=NN=Cc1ccccc1O)NN=Cc1ccccc1O. The fourth-order valence-electron chi connectivity index (χ4n) is 1.54. The van der Waals surface area contributed by atoms with Gasteiger partial charge >= 0.3 is 0 Å². The van der Waals surface area contributed by atoms with Crippen molar-refractivity contribution in [2.45, 2.75) is 0 Å². The van der Waals surface area contributed by atoms with Crippen LogP contribution in [0.5, 0.6) is 11.5 Å². The van der Waals surface area contributed by atoms with E-state index in [1.165, 1.54) is 12.4 Å². The van der Waals surface area contributed by atoms with Crippen LogP contribution in [0, 0.1) is 0 Å². The van der Waals surface area contributed by atoms with Crippen LogP contribution in [0.25, 0.3) is 0 Å². The predicted octanol–water partition coefficient (Wildman–Crippen LogP) is 1.79. The molecule has 120 valence electrons. The summed E-state index contributed by atoms with van der Waals surface area (Å²) in [7, 11) is 0. The number of halogens is 1. The number of nitrogens with one attached hydrogen (secondary N) is 1. The standard InChI is InChI=1S/C15H15N5O2.ClH/c16-15(19-17-9-11-5-1-3-7-13(11)21)20-18-10-12-6-2-4-8-14(12)22;/h1-10,21-22H,(H3,16,19,20);1H.